The minimum absolute atomic E-state index is 0.00983. The lowest BCUT2D eigenvalue weighted by atomic mass is 10.1. The zero-order valence-corrected chi connectivity index (χ0v) is 16.2. The molecule has 0 radical (unpaired) electrons. The van der Waals surface area contributed by atoms with Crippen LogP contribution in [0.4, 0.5) is 5.82 Å². The van der Waals surface area contributed by atoms with Gasteiger partial charge >= 0.3 is 0 Å². The number of anilines is 1. The summed E-state index contributed by atoms with van der Waals surface area (Å²) in [7, 11) is 0. The summed E-state index contributed by atoms with van der Waals surface area (Å²) >= 11 is 1.56. The number of hydrogen-bond acceptors (Lipinski definition) is 5. The molecule has 0 saturated heterocycles. The molecule has 0 spiro atoms. The lowest BCUT2D eigenvalue weighted by molar-refractivity contribution is -0.121. The zero-order valence-electron chi connectivity index (χ0n) is 15.4. The van der Waals surface area contributed by atoms with Crippen LogP contribution < -0.4 is 10.6 Å². The van der Waals surface area contributed by atoms with Crippen LogP contribution in [0.1, 0.15) is 44.2 Å². The summed E-state index contributed by atoms with van der Waals surface area (Å²) < 4.78 is 0. The van der Waals surface area contributed by atoms with Crippen molar-refractivity contribution in [3.63, 3.8) is 0 Å². The molecule has 27 heavy (non-hydrogen) atoms. The van der Waals surface area contributed by atoms with Gasteiger partial charge in [-0.1, -0.05) is 30.3 Å². The number of nitrogens with one attached hydrogen (secondary N) is 2. The number of nitrogens with zero attached hydrogens (tertiary/aromatic N) is 2. The predicted molar refractivity (Wildman–Crippen MR) is 106 cm³/mol. The van der Waals surface area contributed by atoms with E-state index in [2.05, 4.69) is 20.8 Å². The first kappa shape index (κ1) is 19.4. The van der Waals surface area contributed by atoms with Gasteiger partial charge in [-0.2, -0.15) is 0 Å². The molecule has 1 aliphatic rings. The zero-order chi connectivity index (χ0) is 19.1. The molecule has 0 unspecified atom stereocenters. The van der Waals surface area contributed by atoms with Gasteiger partial charge in [0.1, 0.15) is 5.03 Å². The number of carbonyl (C=O) groups excluding carboxylic acids is 2. The highest BCUT2D eigenvalue weighted by atomic mass is 32.2. The smallest absolute Gasteiger partial charge is 0.228 e. The number of aromatic nitrogens is 2. The van der Waals surface area contributed by atoms with Crippen LogP contribution in [0.3, 0.4) is 0 Å². The summed E-state index contributed by atoms with van der Waals surface area (Å²) in [6, 6.07) is 13.5. The van der Waals surface area contributed by atoms with E-state index in [4.69, 9.17) is 0 Å². The van der Waals surface area contributed by atoms with Crippen molar-refractivity contribution < 1.29 is 9.59 Å². The van der Waals surface area contributed by atoms with Gasteiger partial charge < -0.3 is 10.6 Å². The SMILES string of the molecule is C[C@H](NC(=O)CCCSc1ccc(NC(=O)C2CC2)nn1)c1ccccc1. The van der Waals surface area contributed by atoms with Crippen molar-refractivity contribution in [3.8, 4) is 0 Å². The molecular formula is C20H24N4O2S. The largest absolute Gasteiger partial charge is 0.350 e. The Morgan fingerprint density at radius 3 is 2.59 bits per heavy atom. The lowest BCUT2D eigenvalue weighted by Crippen LogP contribution is -2.26. The Bertz CT molecular complexity index is 763. The van der Waals surface area contributed by atoms with Gasteiger partial charge in [0.2, 0.25) is 11.8 Å². The van der Waals surface area contributed by atoms with E-state index in [-0.39, 0.29) is 23.8 Å². The molecule has 2 amide bonds. The van der Waals surface area contributed by atoms with E-state index >= 15 is 0 Å². The molecule has 7 heteroatoms. The summed E-state index contributed by atoms with van der Waals surface area (Å²) in [6.45, 7) is 1.99. The number of amides is 2. The molecule has 2 aromatic rings. The number of benzene rings is 1. The number of carbonyl (C=O) groups is 2. The number of rotatable bonds is 9. The van der Waals surface area contributed by atoms with Crippen LogP contribution in [0.25, 0.3) is 0 Å². The standard InChI is InChI=1S/C20H24N4O2S/c1-14(15-6-3-2-4-7-15)21-18(25)8-5-13-27-19-12-11-17(23-24-19)22-20(26)16-9-10-16/h2-4,6-7,11-12,14,16H,5,8-10,13H2,1H3,(H,21,25)(H,22,23,26)/t14-/m0/s1. The van der Waals surface area contributed by atoms with Crippen LogP contribution in [0.2, 0.25) is 0 Å². The Morgan fingerprint density at radius 2 is 1.93 bits per heavy atom. The maximum Gasteiger partial charge on any atom is 0.228 e. The third kappa shape index (κ3) is 6.36. The molecule has 1 aromatic carbocycles. The summed E-state index contributed by atoms with van der Waals surface area (Å²) in [6.07, 6.45) is 3.17. The van der Waals surface area contributed by atoms with Gasteiger partial charge in [-0.3, -0.25) is 9.59 Å². The maximum absolute atomic E-state index is 12.1. The fourth-order valence-corrected chi connectivity index (χ4v) is 3.35. The second-order valence-corrected chi connectivity index (χ2v) is 7.79. The summed E-state index contributed by atoms with van der Waals surface area (Å²) in [4.78, 5) is 23.7. The van der Waals surface area contributed by atoms with E-state index in [0.717, 1.165) is 35.6 Å². The second kappa shape index (κ2) is 9.50. The molecule has 0 aliphatic heterocycles. The molecule has 6 nitrogen and oxygen atoms in total. The molecule has 0 bridgehead atoms. The van der Waals surface area contributed by atoms with Crippen molar-refractivity contribution in [2.45, 2.75) is 43.7 Å². The van der Waals surface area contributed by atoms with Crippen molar-refractivity contribution in [3.05, 3.63) is 48.0 Å². The van der Waals surface area contributed by atoms with Gasteiger partial charge in [-0.05, 0) is 43.9 Å². The van der Waals surface area contributed by atoms with Gasteiger partial charge in [0.15, 0.2) is 5.82 Å². The fraction of sp³-hybridized carbons (Fsp3) is 0.400. The van der Waals surface area contributed by atoms with Crippen molar-refractivity contribution in [1.29, 1.82) is 0 Å². The van der Waals surface area contributed by atoms with Crippen LogP contribution in [0.5, 0.6) is 0 Å². The van der Waals surface area contributed by atoms with Crippen molar-refractivity contribution >= 4 is 29.4 Å². The molecular weight excluding hydrogens is 360 g/mol. The Hall–Kier alpha value is -2.41. The van der Waals surface area contributed by atoms with E-state index in [1.807, 2.05) is 43.3 Å². The Kier molecular flexibility index (Phi) is 6.81. The van der Waals surface area contributed by atoms with Crippen molar-refractivity contribution in [2.75, 3.05) is 11.1 Å². The highest BCUT2D eigenvalue weighted by Gasteiger charge is 2.29. The van der Waals surface area contributed by atoms with Crippen LogP contribution in [0.15, 0.2) is 47.5 Å². The first-order chi connectivity index (χ1) is 13.1. The van der Waals surface area contributed by atoms with E-state index in [9.17, 15) is 9.59 Å². The minimum atomic E-state index is 0.00983. The van der Waals surface area contributed by atoms with Gasteiger partial charge in [0.05, 0.1) is 6.04 Å². The quantitative estimate of drug-likeness (QED) is 0.510. The van der Waals surface area contributed by atoms with E-state index in [0.29, 0.717) is 12.2 Å². The van der Waals surface area contributed by atoms with Gasteiger partial charge in [-0.15, -0.1) is 22.0 Å². The molecule has 1 fully saturated rings. The summed E-state index contributed by atoms with van der Waals surface area (Å²) in [5, 5.41) is 14.7. The highest BCUT2D eigenvalue weighted by Crippen LogP contribution is 2.30. The lowest BCUT2D eigenvalue weighted by Gasteiger charge is -2.14. The van der Waals surface area contributed by atoms with Crippen LogP contribution >= 0.6 is 11.8 Å². The average molecular weight is 385 g/mol. The van der Waals surface area contributed by atoms with E-state index < -0.39 is 0 Å². The Balaban J connectivity index is 1.33. The molecule has 1 saturated carbocycles. The molecule has 3 rings (SSSR count). The van der Waals surface area contributed by atoms with Crippen molar-refractivity contribution in [2.24, 2.45) is 5.92 Å². The highest BCUT2D eigenvalue weighted by molar-refractivity contribution is 7.99. The monoisotopic (exact) mass is 384 g/mol. The summed E-state index contributed by atoms with van der Waals surface area (Å²) in [5.41, 5.74) is 1.10. The third-order valence-electron chi connectivity index (χ3n) is 4.31. The van der Waals surface area contributed by atoms with Crippen molar-refractivity contribution in [1.82, 2.24) is 15.5 Å². The molecule has 2 N–H and O–H groups in total. The van der Waals surface area contributed by atoms with E-state index in [1.54, 1.807) is 17.8 Å². The first-order valence-electron chi connectivity index (χ1n) is 9.23. The molecule has 1 heterocycles. The van der Waals surface area contributed by atoms with Gasteiger partial charge in [0.25, 0.3) is 0 Å². The molecule has 1 aliphatic carbocycles. The maximum atomic E-state index is 12.1. The number of hydrogen-bond donors (Lipinski definition) is 2. The first-order valence-corrected chi connectivity index (χ1v) is 10.2. The van der Waals surface area contributed by atoms with Crippen LogP contribution in [-0.4, -0.2) is 27.8 Å². The second-order valence-electron chi connectivity index (χ2n) is 6.67. The normalized spacial score (nSPS) is 14.4. The predicted octanol–water partition coefficient (Wildman–Crippen LogP) is 3.57. The Labute approximate surface area is 163 Å². The minimum Gasteiger partial charge on any atom is -0.350 e. The Morgan fingerprint density at radius 1 is 1.15 bits per heavy atom. The van der Waals surface area contributed by atoms with Crippen LogP contribution in [-0.2, 0) is 9.59 Å². The van der Waals surface area contributed by atoms with Crippen LogP contribution in [0, 0.1) is 5.92 Å². The molecule has 142 valence electrons. The van der Waals surface area contributed by atoms with E-state index in [1.165, 1.54) is 0 Å². The third-order valence-corrected chi connectivity index (χ3v) is 5.32. The van der Waals surface area contributed by atoms with Gasteiger partial charge in [-0.25, -0.2) is 0 Å². The number of thioether (sulfide) groups is 1. The topological polar surface area (TPSA) is 84.0 Å². The van der Waals surface area contributed by atoms with Gasteiger partial charge in [0, 0.05) is 18.1 Å². The molecule has 1 aromatic heterocycles. The average Bonchev–Trinajstić information content (AvgIpc) is 3.52. The molecule has 1 atom stereocenters. The summed E-state index contributed by atoms with van der Waals surface area (Å²) in [5.74, 6) is 1.51. The fourth-order valence-electron chi connectivity index (χ4n) is 2.59.